The van der Waals surface area contributed by atoms with Crippen molar-refractivity contribution in [2.75, 3.05) is 0 Å². The van der Waals surface area contributed by atoms with Crippen molar-refractivity contribution in [3.8, 4) is 11.8 Å². The van der Waals surface area contributed by atoms with Crippen LogP contribution in [0.25, 0.3) is 0 Å². The van der Waals surface area contributed by atoms with Crippen LogP contribution in [0.15, 0.2) is 42.5 Å². The Labute approximate surface area is 118 Å². The van der Waals surface area contributed by atoms with Gasteiger partial charge in [-0.3, -0.25) is 0 Å². The van der Waals surface area contributed by atoms with Crippen molar-refractivity contribution >= 4 is 11.6 Å². The zero-order chi connectivity index (χ0) is 13.8. The molecule has 0 bridgehead atoms. The average molecular weight is 272 g/mol. The quantitative estimate of drug-likeness (QED) is 0.813. The van der Waals surface area contributed by atoms with Gasteiger partial charge in [-0.1, -0.05) is 41.4 Å². The van der Waals surface area contributed by atoms with E-state index in [0.717, 1.165) is 5.56 Å². The number of nitriles is 1. The summed E-state index contributed by atoms with van der Waals surface area (Å²) in [5, 5.41) is 9.24. The van der Waals surface area contributed by atoms with Crippen LogP contribution in [0.1, 0.15) is 29.7 Å². The van der Waals surface area contributed by atoms with E-state index in [0.29, 0.717) is 16.3 Å². The second-order valence-corrected chi connectivity index (χ2v) is 4.83. The van der Waals surface area contributed by atoms with E-state index < -0.39 is 0 Å². The van der Waals surface area contributed by atoms with E-state index in [1.807, 2.05) is 25.1 Å². The first-order valence-corrected chi connectivity index (χ1v) is 6.41. The topological polar surface area (TPSA) is 33.0 Å². The van der Waals surface area contributed by atoms with E-state index in [1.165, 1.54) is 5.56 Å². The Morgan fingerprint density at radius 1 is 1.21 bits per heavy atom. The van der Waals surface area contributed by atoms with Crippen LogP contribution in [0.4, 0.5) is 0 Å². The van der Waals surface area contributed by atoms with Gasteiger partial charge in [-0.05, 0) is 31.5 Å². The summed E-state index contributed by atoms with van der Waals surface area (Å²) in [6.45, 7) is 4.04. The summed E-state index contributed by atoms with van der Waals surface area (Å²) in [7, 11) is 0. The van der Waals surface area contributed by atoms with Crippen molar-refractivity contribution in [2.45, 2.75) is 20.0 Å². The fraction of sp³-hybridized carbons (Fsp3) is 0.188. The molecule has 3 heteroatoms. The van der Waals surface area contributed by atoms with Gasteiger partial charge in [0.25, 0.3) is 0 Å². The molecule has 0 spiro atoms. The Balaban J connectivity index is 2.17. The van der Waals surface area contributed by atoms with Gasteiger partial charge in [0, 0.05) is 6.07 Å². The first-order valence-electron chi connectivity index (χ1n) is 6.03. The fourth-order valence-corrected chi connectivity index (χ4v) is 2.07. The molecule has 19 heavy (non-hydrogen) atoms. The molecule has 0 aliphatic carbocycles. The number of benzene rings is 2. The number of nitrogens with zero attached hydrogens (tertiary/aromatic N) is 1. The largest absolute Gasteiger partial charge is 0.486 e. The SMILES string of the molecule is Cc1cccc(C(C)Oc2ccc(C#N)c(Cl)c2)c1. The van der Waals surface area contributed by atoms with Crippen LogP contribution in [0.2, 0.25) is 5.02 Å². The molecule has 0 aliphatic rings. The molecule has 96 valence electrons. The molecule has 2 nitrogen and oxygen atoms in total. The van der Waals surface area contributed by atoms with Crippen LogP contribution in [0, 0.1) is 18.3 Å². The zero-order valence-electron chi connectivity index (χ0n) is 10.9. The lowest BCUT2D eigenvalue weighted by atomic mass is 10.1. The minimum absolute atomic E-state index is 0.0658. The van der Waals surface area contributed by atoms with Crippen molar-refractivity contribution in [1.29, 1.82) is 5.26 Å². The van der Waals surface area contributed by atoms with Crippen LogP contribution in [0.3, 0.4) is 0 Å². The van der Waals surface area contributed by atoms with E-state index in [2.05, 4.69) is 19.1 Å². The summed E-state index contributed by atoms with van der Waals surface area (Å²) < 4.78 is 5.84. The summed E-state index contributed by atoms with van der Waals surface area (Å²) in [5.74, 6) is 0.665. The molecule has 0 fully saturated rings. The van der Waals surface area contributed by atoms with Crippen molar-refractivity contribution in [2.24, 2.45) is 0 Å². The average Bonchev–Trinajstić information content (AvgIpc) is 2.39. The van der Waals surface area contributed by atoms with E-state index in [-0.39, 0.29) is 6.10 Å². The molecule has 0 saturated heterocycles. The number of rotatable bonds is 3. The van der Waals surface area contributed by atoms with E-state index in [1.54, 1.807) is 18.2 Å². The molecule has 0 radical (unpaired) electrons. The lowest BCUT2D eigenvalue weighted by Crippen LogP contribution is -2.03. The summed E-state index contributed by atoms with van der Waals surface area (Å²) in [4.78, 5) is 0. The number of hydrogen-bond acceptors (Lipinski definition) is 2. The molecule has 2 aromatic rings. The standard InChI is InChI=1S/C16H14ClNO/c1-11-4-3-5-13(8-11)12(2)19-15-7-6-14(10-18)16(17)9-15/h3-9,12H,1-2H3. The van der Waals surface area contributed by atoms with Gasteiger partial charge in [0.05, 0.1) is 10.6 Å². The van der Waals surface area contributed by atoms with Gasteiger partial charge >= 0.3 is 0 Å². The van der Waals surface area contributed by atoms with Gasteiger partial charge in [0.15, 0.2) is 0 Å². The monoisotopic (exact) mass is 271 g/mol. The number of hydrogen-bond donors (Lipinski definition) is 0. The number of halogens is 1. The highest BCUT2D eigenvalue weighted by molar-refractivity contribution is 6.31. The maximum atomic E-state index is 8.82. The molecule has 2 aromatic carbocycles. The van der Waals surface area contributed by atoms with Crippen LogP contribution in [0.5, 0.6) is 5.75 Å². The minimum Gasteiger partial charge on any atom is -0.486 e. The highest BCUT2D eigenvalue weighted by Gasteiger charge is 2.09. The Hall–Kier alpha value is -1.98. The normalized spacial score (nSPS) is 11.7. The molecule has 0 aliphatic heterocycles. The minimum atomic E-state index is -0.0658. The van der Waals surface area contributed by atoms with E-state index in [9.17, 15) is 0 Å². The zero-order valence-corrected chi connectivity index (χ0v) is 11.6. The second-order valence-electron chi connectivity index (χ2n) is 4.43. The molecule has 2 rings (SSSR count). The Bertz CT molecular complexity index is 631. The molecule has 0 heterocycles. The van der Waals surface area contributed by atoms with Crippen LogP contribution < -0.4 is 4.74 Å². The maximum Gasteiger partial charge on any atom is 0.121 e. The summed E-state index contributed by atoms with van der Waals surface area (Å²) in [6, 6.07) is 15.3. The van der Waals surface area contributed by atoms with Crippen LogP contribution in [-0.2, 0) is 0 Å². The first kappa shape index (κ1) is 13.5. The molecule has 1 unspecified atom stereocenters. The number of aryl methyl sites for hydroxylation is 1. The molecule has 0 amide bonds. The predicted molar refractivity (Wildman–Crippen MR) is 76.4 cm³/mol. The van der Waals surface area contributed by atoms with Crippen molar-refractivity contribution in [3.05, 3.63) is 64.2 Å². The van der Waals surface area contributed by atoms with E-state index >= 15 is 0 Å². The fourth-order valence-electron chi connectivity index (χ4n) is 1.85. The van der Waals surface area contributed by atoms with Gasteiger partial charge in [0.2, 0.25) is 0 Å². The van der Waals surface area contributed by atoms with Gasteiger partial charge in [-0.2, -0.15) is 5.26 Å². The second kappa shape index (κ2) is 5.77. The first-order chi connectivity index (χ1) is 9.10. The molecule has 0 saturated carbocycles. The predicted octanol–water partition coefficient (Wildman–Crippen LogP) is 4.66. The van der Waals surface area contributed by atoms with Crippen molar-refractivity contribution in [3.63, 3.8) is 0 Å². The summed E-state index contributed by atoms with van der Waals surface area (Å²) in [5.41, 5.74) is 2.77. The van der Waals surface area contributed by atoms with Crippen molar-refractivity contribution < 1.29 is 4.74 Å². The molecule has 0 N–H and O–H groups in total. The lowest BCUT2D eigenvalue weighted by Gasteiger charge is -2.16. The summed E-state index contributed by atoms with van der Waals surface area (Å²) in [6.07, 6.45) is -0.0658. The van der Waals surface area contributed by atoms with Gasteiger partial charge < -0.3 is 4.74 Å². The highest BCUT2D eigenvalue weighted by Crippen LogP contribution is 2.26. The third-order valence-corrected chi connectivity index (χ3v) is 3.20. The molecule has 0 aromatic heterocycles. The summed E-state index contributed by atoms with van der Waals surface area (Å²) >= 11 is 5.98. The number of ether oxygens (including phenoxy) is 1. The van der Waals surface area contributed by atoms with E-state index in [4.69, 9.17) is 21.6 Å². The highest BCUT2D eigenvalue weighted by atomic mass is 35.5. The van der Waals surface area contributed by atoms with Crippen molar-refractivity contribution in [1.82, 2.24) is 0 Å². The Kier molecular flexibility index (Phi) is 4.09. The third kappa shape index (κ3) is 3.27. The maximum absolute atomic E-state index is 8.82. The molecular weight excluding hydrogens is 258 g/mol. The Morgan fingerprint density at radius 2 is 2.00 bits per heavy atom. The van der Waals surface area contributed by atoms with Crippen LogP contribution >= 0.6 is 11.6 Å². The van der Waals surface area contributed by atoms with Gasteiger partial charge in [0.1, 0.15) is 17.9 Å². The Morgan fingerprint density at radius 3 is 2.63 bits per heavy atom. The molecular formula is C16H14ClNO. The van der Waals surface area contributed by atoms with Gasteiger partial charge in [-0.25, -0.2) is 0 Å². The van der Waals surface area contributed by atoms with Crippen LogP contribution in [-0.4, -0.2) is 0 Å². The third-order valence-electron chi connectivity index (χ3n) is 2.89. The lowest BCUT2D eigenvalue weighted by molar-refractivity contribution is 0.227. The smallest absolute Gasteiger partial charge is 0.121 e. The van der Waals surface area contributed by atoms with Gasteiger partial charge in [-0.15, -0.1) is 0 Å². The molecule has 1 atom stereocenters.